The van der Waals surface area contributed by atoms with E-state index in [1.54, 1.807) is 0 Å². The maximum atomic E-state index is 12.4. The van der Waals surface area contributed by atoms with Gasteiger partial charge in [0.05, 0.1) is 5.69 Å². The third-order valence-corrected chi connectivity index (χ3v) is 4.44. The first-order valence-corrected chi connectivity index (χ1v) is 8.59. The van der Waals surface area contributed by atoms with Crippen molar-refractivity contribution >= 4 is 11.7 Å². The highest BCUT2D eigenvalue weighted by Gasteiger charge is 2.21. The number of piperazine rings is 1. The topological polar surface area (TPSA) is 49.3 Å². The van der Waals surface area contributed by atoms with Crippen molar-refractivity contribution in [1.82, 2.24) is 15.1 Å². The van der Waals surface area contributed by atoms with E-state index < -0.39 is 0 Å². The van der Waals surface area contributed by atoms with Crippen molar-refractivity contribution in [3.05, 3.63) is 53.7 Å². The Balaban J connectivity index is 1.42. The van der Waals surface area contributed by atoms with E-state index in [1.807, 2.05) is 42.2 Å². The Morgan fingerprint density at radius 3 is 2.42 bits per heavy atom. The summed E-state index contributed by atoms with van der Waals surface area (Å²) in [5.41, 5.74) is 2.22. The zero-order valence-electron chi connectivity index (χ0n) is 14.2. The minimum atomic E-state index is 0.264. The minimum absolute atomic E-state index is 0.264. The van der Waals surface area contributed by atoms with E-state index in [2.05, 4.69) is 27.2 Å². The average molecular weight is 324 g/mol. The summed E-state index contributed by atoms with van der Waals surface area (Å²) < 4.78 is 0. The van der Waals surface area contributed by atoms with Gasteiger partial charge in [-0.1, -0.05) is 30.3 Å². The Morgan fingerprint density at radius 2 is 1.75 bits per heavy atom. The lowest BCUT2D eigenvalue weighted by Crippen LogP contribution is -2.49. The second kappa shape index (κ2) is 7.90. The van der Waals surface area contributed by atoms with Crippen molar-refractivity contribution < 1.29 is 4.79 Å². The third kappa shape index (κ3) is 4.31. The van der Waals surface area contributed by atoms with E-state index in [4.69, 9.17) is 0 Å². The van der Waals surface area contributed by atoms with Crippen LogP contribution >= 0.6 is 0 Å². The molecule has 0 N–H and O–H groups in total. The monoisotopic (exact) mass is 324 g/mol. The number of hydrogen-bond donors (Lipinski definition) is 0. The van der Waals surface area contributed by atoms with E-state index in [0.29, 0.717) is 6.42 Å². The van der Waals surface area contributed by atoms with Gasteiger partial charge in [-0.15, -0.1) is 5.10 Å². The largest absolute Gasteiger partial charge is 0.352 e. The van der Waals surface area contributed by atoms with E-state index in [1.165, 1.54) is 5.56 Å². The fourth-order valence-corrected chi connectivity index (χ4v) is 2.99. The molecule has 0 bridgehead atoms. The van der Waals surface area contributed by atoms with E-state index in [-0.39, 0.29) is 5.91 Å². The summed E-state index contributed by atoms with van der Waals surface area (Å²) in [6.45, 7) is 5.10. The van der Waals surface area contributed by atoms with Crippen LogP contribution in [0.2, 0.25) is 0 Å². The lowest BCUT2D eigenvalue weighted by Gasteiger charge is -2.35. The van der Waals surface area contributed by atoms with Crippen molar-refractivity contribution in [3.63, 3.8) is 0 Å². The normalized spacial score (nSPS) is 14.7. The predicted molar refractivity (Wildman–Crippen MR) is 94.9 cm³/mol. The van der Waals surface area contributed by atoms with Gasteiger partial charge >= 0.3 is 0 Å². The van der Waals surface area contributed by atoms with Crippen molar-refractivity contribution in [2.45, 2.75) is 26.2 Å². The summed E-state index contributed by atoms with van der Waals surface area (Å²) in [5.74, 6) is 1.16. The quantitative estimate of drug-likeness (QED) is 0.848. The van der Waals surface area contributed by atoms with Crippen LogP contribution in [0, 0.1) is 6.92 Å². The number of aryl methyl sites for hydroxylation is 2. The Hall–Kier alpha value is -2.43. The summed E-state index contributed by atoms with van der Waals surface area (Å²) in [6, 6.07) is 14.3. The van der Waals surface area contributed by atoms with Crippen LogP contribution in [0.5, 0.6) is 0 Å². The highest BCUT2D eigenvalue weighted by Crippen LogP contribution is 2.14. The lowest BCUT2D eigenvalue weighted by molar-refractivity contribution is -0.131. The summed E-state index contributed by atoms with van der Waals surface area (Å²) in [6.07, 6.45) is 2.50. The molecule has 1 amide bonds. The molecule has 0 radical (unpaired) electrons. The zero-order valence-corrected chi connectivity index (χ0v) is 14.2. The standard InChI is InChI=1S/C19H24N4O/c1-16-10-11-18(21-20-16)22-12-14-23(15-13-22)19(24)9-5-8-17-6-3-2-4-7-17/h2-4,6-7,10-11H,5,8-9,12-15H2,1H3. The molecule has 0 atom stereocenters. The number of hydrogen-bond acceptors (Lipinski definition) is 4. The number of anilines is 1. The van der Waals surface area contributed by atoms with Crippen LogP contribution in [0.15, 0.2) is 42.5 Å². The van der Waals surface area contributed by atoms with Gasteiger partial charge < -0.3 is 9.80 Å². The number of nitrogens with zero attached hydrogens (tertiary/aromatic N) is 4. The summed E-state index contributed by atoms with van der Waals surface area (Å²) >= 11 is 0. The smallest absolute Gasteiger partial charge is 0.222 e. The molecule has 0 saturated carbocycles. The lowest BCUT2D eigenvalue weighted by atomic mass is 10.1. The van der Waals surface area contributed by atoms with Gasteiger partial charge in [-0.2, -0.15) is 5.10 Å². The van der Waals surface area contributed by atoms with Crippen molar-refractivity contribution in [2.75, 3.05) is 31.1 Å². The Bertz CT molecular complexity index is 649. The van der Waals surface area contributed by atoms with Gasteiger partial charge in [0.2, 0.25) is 5.91 Å². The Kier molecular flexibility index (Phi) is 5.41. The molecule has 1 fully saturated rings. The van der Waals surface area contributed by atoms with Crippen molar-refractivity contribution in [2.24, 2.45) is 0 Å². The second-order valence-electron chi connectivity index (χ2n) is 6.24. The highest BCUT2D eigenvalue weighted by atomic mass is 16.2. The SMILES string of the molecule is Cc1ccc(N2CCN(C(=O)CCCc3ccccc3)CC2)nn1. The molecule has 5 heteroatoms. The molecule has 1 aromatic carbocycles. The molecular formula is C19H24N4O. The van der Waals surface area contributed by atoms with Crippen LogP contribution in [-0.2, 0) is 11.2 Å². The predicted octanol–water partition coefficient (Wildman–Crippen LogP) is 2.46. The number of rotatable bonds is 5. The van der Waals surface area contributed by atoms with Gasteiger partial charge in [-0.3, -0.25) is 4.79 Å². The van der Waals surface area contributed by atoms with Crippen LogP contribution in [0.25, 0.3) is 0 Å². The van der Waals surface area contributed by atoms with E-state index in [0.717, 1.165) is 50.5 Å². The van der Waals surface area contributed by atoms with E-state index >= 15 is 0 Å². The van der Waals surface area contributed by atoms with Crippen LogP contribution < -0.4 is 4.90 Å². The van der Waals surface area contributed by atoms with Crippen LogP contribution in [0.1, 0.15) is 24.1 Å². The van der Waals surface area contributed by atoms with Crippen LogP contribution in [0.3, 0.4) is 0 Å². The second-order valence-corrected chi connectivity index (χ2v) is 6.24. The molecule has 2 heterocycles. The van der Waals surface area contributed by atoms with Crippen molar-refractivity contribution in [1.29, 1.82) is 0 Å². The average Bonchev–Trinajstić information content (AvgIpc) is 2.63. The summed E-state index contributed by atoms with van der Waals surface area (Å²) in [5, 5.41) is 8.33. The Morgan fingerprint density at radius 1 is 1.00 bits per heavy atom. The third-order valence-electron chi connectivity index (χ3n) is 4.44. The molecule has 1 aliphatic rings. The van der Waals surface area contributed by atoms with E-state index in [9.17, 15) is 4.79 Å². The highest BCUT2D eigenvalue weighted by molar-refractivity contribution is 5.76. The molecule has 126 valence electrons. The van der Waals surface area contributed by atoms with Crippen molar-refractivity contribution in [3.8, 4) is 0 Å². The number of amides is 1. The molecule has 1 aromatic heterocycles. The molecule has 2 aromatic rings. The van der Waals surface area contributed by atoms with Crippen LogP contribution in [0.4, 0.5) is 5.82 Å². The molecular weight excluding hydrogens is 300 g/mol. The first-order valence-electron chi connectivity index (χ1n) is 8.59. The molecule has 0 aliphatic carbocycles. The fourth-order valence-electron chi connectivity index (χ4n) is 2.99. The molecule has 1 aliphatic heterocycles. The molecule has 3 rings (SSSR count). The maximum absolute atomic E-state index is 12.4. The van der Waals surface area contributed by atoms with Crippen LogP contribution in [-0.4, -0.2) is 47.2 Å². The molecule has 0 unspecified atom stereocenters. The summed E-state index contributed by atoms with van der Waals surface area (Å²) in [4.78, 5) is 16.5. The zero-order chi connectivity index (χ0) is 16.8. The maximum Gasteiger partial charge on any atom is 0.222 e. The fraction of sp³-hybridized carbons (Fsp3) is 0.421. The number of aromatic nitrogens is 2. The molecule has 1 saturated heterocycles. The number of carbonyl (C=O) groups excluding carboxylic acids is 1. The molecule has 5 nitrogen and oxygen atoms in total. The van der Waals surface area contributed by atoms with Gasteiger partial charge in [0.15, 0.2) is 5.82 Å². The molecule has 24 heavy (non-hydrogen) atoms. The van der Waals surface area contributed by atoms with Gasteiger partial charge in [0, 0.05) is 32.6 Å². The van der Waals surface area contributed by atoms with Gasteiger partial charge in [-0.05, 0) is 37.5 Å². The summed E-state index contributed by atoms with van der Waals surface area (Å²) in [7, 11) is 0. The number of carbonyl (C=O) groups is 1. The Labute approximate surface area is 143 Å². The first kappa shape index (κ1) is 16.4. The first-order chi connectivity index (χ1) is 11.7. The van der Waals surface area contributed by atoms with Gasteiger partial charge in [0.25, 0.3) is 0 Å². The van der Waals surface area contributed by atoms with Gasteiger partial charge in [-0.25, -0.2) is 0 Å². The molecule has 0 spiro atoms. The number of benzene rings is 1. The van der Waals surface area contributed by atoms with Gasteiger partial charge in [0.1, 0.15) is 0 Å². The minimum Gasteiger partial charge on any atom is -0.352 e.